The van der Waals surface area contributed by atoms with Gasteiger partial charge in [-0.05, 0) is 44.9 Å². The molecule has 4 heteroatoms. The van der Waals surface area contributed by atoms with Crippen LogP contribution in [0.1, 0.15) is 54.7 Å². The number of hydrogen-bond donors (Lipinski definition) is 1. The van der Waals surface area contributed by atoms with Crippen molar-refractivity contribution in [2.24, 2.45) is 10.6 Å². The third-order valence-corrected chi connectivity index (χ3v) is 4.60. The van der Waals surface area contributed by atoms with E-state index < -0.39 is 11.6 Å². The Morgan fingerprint density at radius 3 is 2.25 bits per heavy atom. The van der Waals surface area contributed by atoms with E-state index in [1.807, 2.05) is 33.8 Å². The van der Waals surface area contributed by atoms with E-state index in [0.29, 0.717) is 5.56 Å². The maximum Gasteiger partial charge on any atom is 0.335 e. The highest BCUT2D eigenvalue weighted by Crippen LogP contribution is 2.43. The van der Waals surface area contributed by atoms with Gasteiger partial charge in [0.2, 0.25) is 0 Å². The lowest BCUT2D eigenvalue weighted by Gasteiger charge is -2.33. The minimum Gasteiger partial charge on any atom is -0.478 e. The topological polar surface area (TPSA) is 58.9 Å². The number of oxime groups is 1. The number of carbonyl (C=O) groups is 1. The van der Waals surface area contributed by atoms with Crippen LogP contribution in [0.4, 0.5) is 0 Å². The number of rotatable bonds is 2. The lowest BCUT2D eigenvalue weighted by molar-refractivity contribution is -0.0409. The van der Waals surface area contributed by atoms with Crippen molar-refractivity contribution < 1.29 is 14.7 Å². The molecule has 1 aromatic carbocycles. The maximum absolute atomic E-state index is 11.3. The van der Waals surface area contributed by atoms with Gasteiger partial charge < -0.3 is 9.94 Å². The van der Waals surface area contributed by atoms with E-state index in [0.717, 1.165) is 22.4 Å². The molecule has 0 spiro atoms. The predicted octanol–water partition coefficient (Wildman–Crippen LogP) is 3.54. The highest BCUT2D eigenvalue weighted by atomic mass is 16.7. The van der Waals surface area contributed by atoms with Gasteiger partial charge in [-0.15, -0.1) is 0 Å². The van der Waals surface area contributed by atoms with Crippen molar-refractivity contribution in [2.45, 2.75) is 47.1 Å². The fraction of sp³-hybridized carbons (Fsp3) is 0.500. The standard InChI is InChI=1S/C16H21NO3/c1-9-7-8-11(14(18)19)10(2)12(9)13-15(3,4)16(5,6)20-17-13/h7-8H,1-6H3,(H,18,19). The average molecular weight is 275 g/mol. The van der Waals surface area contributed by atoms with Crippen LogP contribution in [0.5, 0.6) is 0 Å². The van der Waals surface area contributed by atoms with Gasteiger partial charge in [-0.3, -0.25) is 0 Å². The summed E-state index contributed by atoms with van der Waals surface area (Å²) in [5, 5.41) is 13.5. The van der Waals surface area contributed by atoms with Crippen molar-refractivity contribution in [3.05, 3.63) is 34.4 Å². The van der Waals surface area contributed by atoms with Crippen LogP contribution in [0, 0.1) is 19.3 Å². The Labute approximate surface area is 119 Å². The molecule has 1 aliphatic rings. The normalized spacial score (nSPS) is 19.4. The molecular formula is C16H21NO3. The molecule has 20 heavy (non-hydrogen) atoms. The van der Waals surface area contributed by atoms with Gasteiger partial charge in [0.15, 0.2) is 0 Å². The Kier molecular flexibility index (Phi) is 3.16. The minimum atomic E-state index is -0.916. The highest BCUT2D eigenvalue weighted by molar-refractivity contribution is 6.09. The second-order valence-electron chi connectivity index (χ2n) is 6.40. The zero-order valence-electron chi connectivity index (χ0n) is 12.9. The predicted molar refractivity (Wildman–Crippen MR) is 78.4 cm³/mol. The zero-order valence-corrected chi connectivity index (χ0v) is 12.9. The largest absolute Gasteiger partial charge is 0.478 e. The molecule has 0 fully saturated rings. The number of carboxylic acid groups (broad SMARTS) is 1. The Hall–Kier alpha value is -1.84. The molecule has 0 saturated heterocycles. The first-order chi connectivity index (χ1) is 9.09. The number of nitrogens with zero attached hydrogens (tertiary/aromatic N) is 1. The van der Waals surface area contributed by atoms with Gasteiger partial charge in [-0.2, -0.15) is 0 Å². The van der Waals surface area contributed by atoms with E-state index >= 15 is 0 Å². The molecule has 1 aromatic rings. The smallest absolute Gasteiger partial charge is 0.335 e. The molecule has 1 N–H and O–H groups in total. The van der Waals surface area contributed by atoms with E-state index in [2.05, 4.69) is 19.0 Å². The van der Waals surface area contributed by atoms with Crippen LogP contribution in [0.2, 0.25) is 0 Å². The molecule has 0 radical (unpaired) electrons. The summed E-state index contributed by atoms with van der Waals surface area (Å²) >= 11 is 0. The summed E-state index contributed by atoms with van der Waals surface area (Å²) in [5.41, 5.74) is 3.07. The third kappa shape index (κ3) is 1.90. The Bertz CT molecular complexity index is 612. The maximum atomic E-state index is 11.3. The van der Waals surface area contributed by atoms with Gasteiger partial charge >= 0.3 is 5.97 Å². The van der Waals surface area contributed by atoms with E-state index in [-0.39, 0.29) is 5.41 Å². The quantitative estimate of drug-likeness (QED) is 0.898. The monoisotopic (exact) mass is 275 g/mol. The van der Waals surface area contributed by atoms with E-state index in [1.54, 1.807) is 6.07 Å². The van der Waals surface area contributed by atoms with Crippen LogP contribution in [0.25, 0.3) is 0 Å². The number of aryl methyl sites for hydroxylation is 1. The summed E-state index contributed by atoms with van der Waals surface area (Å²) < 4.78 is 0. The highest BCUT2D eigenvalue weighted by Gasteiger charge is 2.49. The van der Waals surface area contributed by atoms with Crippen LogP contribution in [-0.4, -0.2) is 22.4 Å². The van der Waals surface area contributed by atoms with Crippen LogP contribution >= 0.6 is 0 Å². The average Bonchev–Trinajstić information content (AvgIpc) is 2.51. The summed E-state index contributed by atoms with van der Waals surface area (Å²) in [6.07, 6.45) is 0. The lowest BCUT2D eigenvalue weighted by Crippen LogP contribution is -2.41. The van der Waals surface area contributed by atoms with Crippen molar-refractivity contribution in [3.63, 3.8) is 0 Å². The molecule has 0 aliphatic carbocycles. The van der Waals surface area contributed by atoms with Crippen molar-refractivity contribution in [2.75, 3.05) is 0 Å². The molecule has 0 unspecified atom stereocenters. The summed E-state index contributed by atoms with van der Waals surface area (Å²) in [4.78, 5) is 16.9. The van der Waals surface area contributed by atoms with Crippen molar-refractivity contribution >= 4 is 11.7 Å². The third-order valence-electron chi connectivity index (χ3n) is 4.60. The SMILES string of the molecule is Cc1ccc(C(=O)O)c(C)c1C1=NOC(C)(C)C1(C)C. The zero-order chi connectivity index (χ0) is 15.3. The first-order valence-electron chi connectivity index (χ1n) is 6.70. The van der Waals surface area contributed by atoms with Crippen molar-refractivity contribution in [1.82, 2.24) is 0 Å². The van der Waals surface area contributed by atoms with Gasteiger partial charge in [-0.25, -0.2) is 4.79 Å². The number of hydrogen-bond acceptors (Lipinski definition) is 3. The molecule has 0 atom stereocenters. The Morgan fingerprint density at radius 1 is 1.20 bits per heavy atom. The Balaban J connectivity index is 2.66. The van der Waals surface area contributed by atoms with E-state index in [1.165, 1.54) is 0 Å². The van der Waals surface area contributed by atoms with E-state index in [9.17, 15) is 9.90 Å². The summed E-state index contributed by atoms with van der Waals surface area (Å²) in [5.74, 6) is -0.916. The van der Waals surface area contributed by atoms with Gasteiger partial charge in [0, 0.05) is 5.56 Å². The van der Waals surface area contributed by atoms with Crippen LogP contribution < -0.4 is 0 Å². The fourth-order valence-corrected chi connectivity index (χ4v) is 2.47. The summed E-state index contributed by atoms with van der Waals surface area (Å²) in [6, 6.07) is 3.47. The molecule has 108 valence electrons. The van der Waals surface area contributed by atoms with Gasteiger partial charge in [0.25, 0.3) is 0 Å². The van der Waals surface area contributed by atoms with Crippen LogP contribution in [0.15, 0.2) is 17.3 Å². The second kappa shape index (κ2) is 4.33. The second-order valence-corrected chi connectivity index (χ2v) is 6.40. The Morgan fingerprint density at radius 2 is 1.80 bits per heavy atom. The van der Waals surface area contributed by atoms with E-state index in [4.69, 9.17) is 4.84 Å². The molecule has 1 heterocycles. The summed E-state index contributed by atoms with van der Waals surface area (Å²) in [6.45, 7) is 11.9. The number of carboxylic acids is 1. The lowest BCUT2D eigenvalue weighted by atomic mass is 9.70. The molecule has 0 saturated carbocycles. The van der Waals surface area contributed by atoms with Crippen molar-refractivity contribution in [3.8, 4) is 0 Å². The molecule has 4 nitrogen and oxygen atoms in total. The molecule has 0 aromatic heterocycles. The van der Waals surface area contributed by atoms with Gasteiger partial charge in [0.05, 0.1) is 16.7 Å². The first-order valence-corrected chi connectivity index (χ1v) is 6.70. The molecular weight excluding hydrogens is 254 g/mol. The van der Waals surface area contributed by atoms with Gasteiger partial charge in [0.1, 0.15) is 5.60 Å². The molecule has 1 aliphatic heterocycles. The molecule has 2 rings (SSSR count). The fourth-order valence-electron chi connectivity index (χ4n) is 2.47. The van der Waals surface area contributed by atoms with Crippen molar-refractivity contribution in [1.29, 1.82) is 0 Å². The number of aromatic carboxylic acids is 1. The summed E-state index contributed by atoms with van der Waals surface area (Å²) in [7, 11) is 0. The van der Waals surface area contributed by atoms with Crippen LogP contribution in [0.3, 0.4) is 0 Å². The van der Waals surface area contributed by atoms with Gasteiger partial charge in [-0.1, -0.05) is 25.1 Å². The number of benzene rings is 1. The first kappa shape index (κ1) is 14.6. The molecule has 0 amide bonds. The minimum absolute atomic E-state index is 0.292. The van der Waals surface area contributed by atoms with Crippen LogP contribution in [-0.2, 0) is 4.84 Å². The molecule has 0 bridgehead atoms.